The number of amides is 3. The van der Waals surface area contributed by atoms with Crippen LogP contribution in [0.3, 0.4) is 0 Å². The molecule has 2 saturated heterocycles. The third-order valence-corrected chi connectivity index (χ3v) is 6.27. The van der Waals surface area contributed by atoms with E-state index in [9.17, 15) is 19.2 Å². The molecule has 0 spiro atoms. The molecule has 2 aliphatic rings. The monoisotopic (exact) mass is 528 g/mol. The summed E-state index contributed by atoms with van der Waals surface area (Å²) in [4.78, 5) is 51.6. The molecule has 12 heteroatoms. The van der Waals surface area contributed by atoms with Gasteiger partial charge in [-0.1, -0.05) is 15.9 Å². The molecule has 172 valence electrons. The summed E-state index contributed by atoms with van der Waals surface area (Å²) < 4.78 is 21.0. The quantitative estimate of drug-likeness (QED) is 0.386. The van der Waals surface area contributed by atoms with Gasteiger partial charge in [-0.05, 0) is 35.5 Å². The Morgan fingerprint density at radius 1 is 1.19 bits per heavy atom. The van der Waals surface area contributed by atoms with Crippen LogP contribution in [0, 0.1) is 0 Å². The number of benzene rings is 1. The Balaban J connectivity index is 1.76. The Morgan fingerprint density at radius 3 is 2.56 bits per heavy atom. The normalized spacial score (nSPS) is 17.7. The summed E-state index contributed by atoms with van der Waals surface area (Å²) in [5.74, 6) is -0.769. The highest BCUT2D eigenvalue weighted by molar-refractivity contribution is 9.10. The van der Waals surface area contributed by atoms with E-state index in [2.05, 4.69) is 20.7 Å². The highest BCUT2D eigenvalue weighted by Crippen LogP contribution is 2.38. The molecule has 0 aliphatic carbocycles. The van der Waals surface area contributed by atoms with E-state index in [1.807, 2.05) is 0 Å². The van der Waals surface area contributed by atoms with Crippen molar-refractivity contribution in [3.63, 3.8) is 0 Å². The minimum atomic E-state index is -0.549. The maximum absolute atomic E-state index is 12.8. The van der Waals surface area contributed by atoms with E-state index in [0.29, 0.717) is 47.8 Å². The zero-order valence-electron chi connectivity index (χ0n) is 17.4. The van der Waals surface area contributed by atoms with Crippen molar-refractivity contribution in [3.8, 4) is 11.5 Å². The standard InChI is InChI=1S/C20H21BrN2O8S/c1-28-14-7-12(13(21)9-15(14)31-11-18(25)29-2)8-16-19(26)23(20(27)32-16)10-17(24)22-3-5-30-6-4-22/h7-9H,3-6,10-11H2,1-2H3/b16-8-. The van der Waals surface area contributed by atoms with E-state index in [4.69, 9.17) is 14.2 Å². The molecule has 2 heterocycles. The molecule has 0 atom stereocenters. The summed E-state index contributed by atoms with van der Waals surface area (Å²) in [5, 5.41) is -0.510. The first-order chi connectivity index (χ1) is 15.3. The van der Waals surface area contributed by atoms with E-state index in [1.54, 1.807) is 17.0 Å². The fourth-order valence-corrected chi connectivity index (χ4v) is 4.22. The number of hydrogen-bond donors (Lipinski definition) is 0. The zero-order valence-corrected chi connectivity index (χ0v) is 19.8. The Morgan fingerprint density at radius 2 is 1.91 bits per heavy atom. The third kappa shape index (κ3) is 5.61. The topological polar surface area (TPSA) is 112 Å². The lowest BCUT2D eigenvalue weighted by Crippen LogP contribution is -2.46. The average molecular weight is 529 g/mol. The van der Waals surface area contributed by atoms with Gasteiger partial charge in [0, 0.05) is 17.6 Å². The van der Waals surface area contributed by atoms with Crippen molar-refractivity contribution in [2.75, 3.05) is 53.7 Å². The molecular weight excluding hydrogens is 508 g/mol. The number of carbonyl (C=O) groups excluding carboxylic acids is 4. The number of thioether (sulfide) groups is 1. The summed E-state index contributed by atoms with van der Waals surface area (Å²) in [6, 6.07) is 3.18. The third-order valence-electron chi connectivity index (χ3n) is 4.67. The molecule has 0 bridgehead atoms. The first-order valence-electron chi connectivity index (χ1n) is 9.52. The van der Waals surface area contributed by atoms with Crippen LogP contribution in [-0.2, 0) is 23.9 Å². The molecule has 10 nitrogen and oxygen atoms in total. The van der Waals surface area contributed by atoms with Crippen molar-refractivity contribution in [2.24, 2.45) is 0 Å². The molecule has 0 unspecified atom stereocenters. The van der Waals surface area contributed by atoms with Gasteiger partial charge in [0.2, 0.25) is 5.91 Å². The number of methoxy groups -OCH3 is 2. The van der Waals surface area contributed by atoms with Crippen LogP contribution >= 0.6 is 27.7 Å². The van der Waals surface area contributed by atoms with Crippen LogP contribution in [0.1, 0.15) is 5.56 Å². The summed E-state index contributed by atoms with van der Waals surface area (Å²) in [6.45, 7) is 1.12. The lowest BCUT2D eigenvalue weighted by molar-refractivity contribution is -0.143. The number of ether oxygens (including phenoxy) is 4. The van der Waals surface area contributed by atoms with E-state index < -0.39 is 17.1 Å². The Bertz CT molecular complexity index is 961. The number of nitrogens with zero attached hydrogens (tertiary/aromatic N) is 2. The number of hydrogen-bond acceptors (Lipinski definition) is 9. The van der Waals surface area contributed by atoms with E-state index in [0.717, 1.165) is 16.7 Å². The summed E-state index contributed by atoms with van der Waals surface area (Å²) in [5.41, 5.74) is 0.553. The van der Waals surface area contributed by atoms with Gasteiger partial charge in [0.15, 0.2) is 18.1 Å². The highest BCUT2D eigenvalue weighted by atomic mass is 79.9. The minimum absolute atomic E-state index is 0.177. The first-order valence-corrected chi connectivity index (χ1v) is 11.1. The summed E-state index contributed by atoms with van der Waals surface area (Å²) in [6.07, 6.45) is 1.53. The van der Waals surface area contributed by atoms with Crippen LogP contribution in [0.15, 0.2) is 21.5 Å². The Hall–Kier alpha value is -2.57. The smallest absolute Gasteiger partial charge is 0.343 e. The molecule has 1 aromatic rings. The predicted octanol–water partition coefficient (Wildman–Crippen LogP) is 1.90. The van der Waals surface area contributed by atoms with Crippen LogP contribution in [0.2, 0.25) is 0 Å². The first kappa shape index (κ1) is 24.1. The SMILES string of the molecule is COC(=O)COc1cc(Br)c(/C=C2\SC(=O)N(CC(=O)N3CCOCC3)C2=O)cc1OC. The summed E-state index contributed by atoms with van der Waals surface area (Å²) >= 11 is 4.15. The van der Waals surface area contributed by atoms with Crippen molar-refractivity contribution in [1.82, 2.24) is 9.80 Å². The molecule has 3 amide bonds. The highest BCUT2D eigenvalue weighted by Gasteiger charge is 2.37. The second-order valence-electron chi connectivity index (χ2n) is 6.65. The molecule has 0 saturated carbocycles. The van der Waals surface area contributed by atoms with Crippen molar-refractivity contribution in [1.29, 1.82) is 0 Å². The van der Waals surface area contributed by atoms with Crippen LogP contribution in [0.25, 0.3) is 6.08 Å². The van der Waals surface area contributed by atoms with Crippen LogP contribution in [-0.4, -0.2) is 86.5 Å². The minimum Gasteiger partial charge on any atom is -0.493 e. The number of halogens is 1. The molecule has 0 radical (unpaired) electrons. The zero-order chi connectivity index (χ0) is 23.3. The van der Waals surface area contributed by atoms with Gasteiger partial charge in [0.1, 0.15) is 6.54 Å². The number of esters is 1. The maximum Gasteiger partial charge on any atom is 0.343 e. The van der Waals surface area contributed by atoms with Crippen LogP contribution in [0.5, 0.6) is 11.5 Å². The maximum atomic E-state index is 12.8. The molecule has 0 N–H and O–H groups in total. The molecular formula is C20H21BrN2O8S. The number of rotatable bonds is 7. The van der Waals surface area contributed by atoms with Gasteiger partial charge >= 0.3 is 5.97 Å². The second kappa shape index (κ2) is 10.8. The lowest BCUT2D eigenvalue weighted by Gasteiger charge is -2.28. The van der Waals surface area contributed by atoms with Gasteiger partial charge < -0.3 is 23.8 Å². The van der Waals surface area contributed by atoms with Gasteiger partial charge in [-0.2, -0.15) is 0 Å². The van der Waals surface area contributed by atoms with Gasteiger partial charge in [-0.25, -0.2) is 4.79 Å². The number of carbonyl (C=O) groups is 4. The number of morpholine rings is 1. The van der Waals surface area contributed by atoms with Crippen molar-refractivity contribution in [3.05, 3.63) is 27.1 Å². The van der Waals surface area contributed by atoms with Crippen LogP contribution < -0.4 is 9.47 Å². The van der Waals surface area contributed by atoms with Gasteiger partial charge in [-0.15, -0.1) is 0 Å². The van der Waals surface area contributed by atoms with Crippen molar-refractivity contribution >= 4 is 56.8 Å². The Kier molecular flexibility index (Phi) is 8.15. The van der Waals surface area contributed by atoms with E-state index in [-0.39, 0.29) is 24.0 Å². The van der Waals surface area contributed by atoms with Crippen LogP contribution in [0.4, 0.5) is 4.79 Å². The molecule has 1 aromatic carbocycles. The van der Waals surface area contributed by atoms with E-state index >= 15 is 0 Å². The fourth-order valence-electron chi connectivity index (χ4n) is 2.95. The largest absolute Gasteiger partial charge is 0.493 e. The lowest BCUT2D eigenvalue weighted by atomic mass is 10.2. The molecule has 2 aliphatic heterocycles. The van der Waals surface area contributed by atoms with Gasteiger partial charge in [0.05, 0.1) is 32.3 Å². The number of imide groups is 1. The van der Waals surface area contributed by atoms with Crippen molar-refractivity contribution in [2.45, 2.75) is 0 Å². The molecule has 3 rings (SSSR count). The van der Waals surface area contributed by atoms with Gasteiger partial charge in [-0.3, -0.25) is 19.3 Å². The molecule has 32 heavy (non-hydrogen) atoms. The van der Waals surface area contributed by atoms with E-state index in [1.165, 1.54) is 20.3 Å². The fraction of sp³-hybridized carbons (Fsp3) is 0.400. The predicted molar refractivity (Wildman–Crippen MR) is 118 cm³/mol. The average Bonchev–Trinajstić information content (AvgIpc) is 3.06. The molecule has 0 aromatic heterocycles. The molecule has 2 fully saturated rings. The van der Waals surface area contributed by atoms with Gasteiger partial charge in [0.25, 0.3) is 11.1 Å². The van der Waals surface area contributed by atoms with Crippen molar-refractivity contribution < 1.29 is 38.1 Å². The second-order valence-corrected chi connectivity index (χ2v) is 8.50. The summed E-state index contributed by atoms with van der Waals surface area (Å²) in [7, 11) is 2.69. The Labute approximate surface area is 196 Å².